The van der Waals surface area contributed by atoms with Crippen LogP contribution in [0, 0.1) is 0 Å². The SMILES string of the molecule is CN=C(NCC1CCCO1)NCC1CN2CCCC2CO1.I. The second-order valence-corrected chi connectivity index (χ2v) is 6.22. The molecule has 3 saturated heterocycles. The zero-order valence-electron chi connectivity index (χ0n) is 13.4. The number of nitrogens with zero attached hydrogens (tertiary/aromatic N) is 2. The zero-order chi connectivity index (χ0) is 14.5. The molecule has 3 aliphatic heterocycles. The van der Waals surface area contributed by atoms with Gasteiger partial charge in [0.2, 0.25) is 0 Å². The normalized spacial score (nSPS) is 32.4. The molecule has 7 heteroatoms. The van der Waals surface area contributed by atoms with E-state index in [0.717, 1.165) is 45.2 Å². The lowest BCUT2D eigenvalue weighted by molar-refractivity contribution is -0.0453. The van der Waals surface area contributed by atoms with Crippen molar-refractivity contribution in [2.75, 3.05) is 46.4 Å². The third kappa shape index (κ3) is 4.94. The second kappa shape index (κ2) is 9.24. The standard InChI is InChI=1S/C15H28N4O2.HI/c1-16-15(17-8-13-5-3-7-20-13)18-9-14-10-19-6-2-4-12(19)11-21-14;/h12-14H,2-11H2,1H3,(H2,16,17,18);1H. The molecule has 0 aliphatic carbocycles. The first-order valence-electron chi connectivity index (χ1n) is 8.27. The van der Waals surface area contributed by atoms with Crippen molar-refractivity contribution in [3.63, 3.8) is 0 Å². The molecule has 3 aliphatic rings. The number of nitrogens with one attached hydrogen (secondary N) is 2. The molecule has 0 aromatic carbocycles. The van der Waals surface area contributed by atoms with Crippen LogP contribution in [0.15, 0.2) is 4.99 Å². The van der Waals surface area contributed by atoms with Gasteiger partial charge in [-0.3, -0.25) is 9.89 Å². The van der Waals surface area contributed by atoms with Crippen LogP contribution < -0.4 is 10.6 Å². The van der Waals surface area contributed by atoms with Gasteiger partial charge < -0.3 is 20.1 Å². The maximum Gasteiger partial charge on any atom is 0.191 e. The summed E-state index contributed by atoms with van der Waals surface area (Å²) in [4.78, 5) is 6.84. The maximum absolute atomic E-state index is 5.95. The first-order chi connectivity index (χ1) is 10.3. The van der Waals surface area contributed by atoms with Crippen LogP contribution in [0.3, 0.4) is 0 Å². The molecule has 3 rings (SSSR count). The van der Waals surface area contributed by atoms with E-state index in [4.69, 9.17) is 9.47 Å². The summed E-state index contributed by atoms with van der Waals surface area (Å²) in [5.74, 6) is 0.845. The van der Waals surface area contributed by atoms with Gasteiger partial charge in [-0.15, -0.1) is 24.0 Å². The number of morpholine rings is 1. The number of hydrogen-bond donors (Lipinski definition) is 2. The van der Waals surface area contributed by atoms with Crippen LogP contribution in [0.1, 0.15) is 25.7 Å². The van der Waals surface area contributed by atoms with Crippen molar-refractivity contribution in [3.8, 4) is 0 Å². The summed E-state index contributed by atoms with van der Waals surface area (Å²) in [5.41, 5.74) is 0. The van der Waals surface area contributed by atoms with Gasteiger partial charge in [0.05, 0.1) is 18.8 Å². The summed E-state index contributed by atoms with van der Waals surface area (Å²) >= 11 is 0. The number of aliphatic imine (C=N–C) groups is 1. The largest absolute Gasteiger partial charge is 0.376 e. The third-order valence-electron chi connectivity index (χ3n) is 4.70. The summed E-state index contributed by atoms with van der Waals surface area (Å²) in [6, 6.07) is 0.665. The van der Waals surface area contributed by atoms with Gasteiger partial charge in [0.15, 0.2) is 5.96 Å². The molecule has 0 aromatic heterocycles. The fourth-order valence-corrected chi connectivity index (χ4v) is 3.46. The Hall–Kier alpha value is -0.120. The zero-order valence-corrected chi connectivity index (χ0v) is 15.8. The molecule has 22 heavy (non-hydrogen) atoms. The second-order valence-electron chi connectivity index (χ2n) is 6.22. The lowest BCUT2D eigenvalue weighted by Crippen LogP contribution is -2.51. The van der Waals surface area contributed by atoms with Crippen LogP contribution in [-0.2, 0) is 9.47 Å². The molecular weight excluding hydrogens is 395 g/mol. The number of fused-ring (bicyclic) bond motifs is 1. The van der Waals surface area contributed by atoms with Crippen molar-refractivity contribution in [2.45, 2.75) is 43.9 Å². The number of hydrogen-bond acceptors (Lipinski definition) is 4. The van der Waals surface area contributed by atoms with E-state index in [2.05, 4.69) is 20.5 Å². The van der Waals surface area contributed by atoms with E-state index in [0.29, 0.717) is 12.1 Å². The monoisotopic (exact) mass is 424 g/mol. The van der Waals surface area contributed by atoms with Crippen molar-refractivity contribution in [1.29, 1.82) is 0 Å². The van der Waals surface area contributed by atoms with Gasteiger partial charge in [-0.05, 0) is 32.2 Å². The first-order valence-corrected chi connectivity index (χ1v) is 8.27. The molecule has 6 nitrogen and oxygen atoms in total. The average molecular weight is 424 g/mol. The quantitative estimate of drug-likeness (QED) is 0.398. The van der Waals surface area contributed by atoms with Crippen molar-refractivity contribution in [1.82, 2.24) is 15.5 Å². The Kier molecular flexibility index (Phi) is 7.66. The molecule has 0 spiro atoms. The third-order valence-corrected chi connectivity index (χ3v) is 4.70. The highest BCUT2D eigenvalue weighted by Gasteiger charge is 2.32. The number of guanidine groups is 1. The molecule has 0 aromatic rings. The van der Waals surface area contributed by atoms with E-state index in [1.807, 2.05) is 7.05 Å². The van der Waals surface area contributed by atoms with Gasteiger partial charge in [-0.2, -0.15) is 0 Å². The van der Waals surface area contributed by atoms with Gasteiger partial charge >= 0.3 is 0 Å². The predicted molar refractivity (Wildman–Crippen MR) is 98.1 cm³/mol. The topological polar surface area (TPSA) is 58.1 Å². The molecule has 0 saturated carbocycles. The molecule has 0 bridgehead atoms. The fraction of sp³-hybridized carbons (Fsp3) is 0.933. The Morgan fingerprint density at radius 2 is 1.95 bits per heavy atom. The Morgan fingerprint density at radius 1 is 1.14 bits per heavy atom. The van der Waals surface area contributed by atoms with Crippen LogP contribution in [0.2, 0.25) is 0 Å². The van der Waals surface area contributed by atoms with E-state index in [9.17, 15) is 0 Å². The van der Waals surface area contributed by atoms with Crippen molar-refractivity contribution >= 4 is 29.9 Å². The van der Waals surface area contributed by atoms with E-state index in [1.54, 1.807) is 0 Å². The van der Waals surface area contributed by atoms with E-state index in [-0.39, 0.29) is 30.1 Å². The van der Waals surface area contributed by atoms with E-state index < -0.39 is 0 Å². The summed E-state index contributed by atoms with van der Waals surface area (Å²) in [5, 5.41) is 6.72. The fourth-order valence-electron chi connectivity index (χ4n) is 3.46. The highest BCUT2D eigenvalue weighted by atomic mass is 127. The number of halogens is 1. The van der Waals surface area contributed by atoms with Crippen molar-refractivity contribution in [3.05, 3.63) is 0 Å². The molecule has 3 unspecified atom stereocenters. The Balaban J connectivity index is 0.00000176. The minimum Gasteiger partial charge on any atom is -0.376 e. The van der Waals surface area contributed by atoms with Crippen LogP contribution in [-0.4, -0.2) is 75.5 Å². The number of ether oxygens (including phenoxy) is 2. The molecule has 3 heterocycles. The highest BCUT2D eigenvalue weighted by molar-refractivity contribution is 14.0. The lowest BCUT2D eigenvalue weighted by Gasteiger charge is -2.35. The summed E-state index contributed by atoms with van der Waals surface area (Å²) in [7, 11) is 1.81. The molecule has 0 amide bonds. The van der Waals surface area contributed by atoms with Gasteiger partial charge in [-0.1, -0.05) is 0 Å². The van der Waals surface area contributed by atoms with Crippen LogP contribution in [0.4, 0.5) is 0 Å². The molecule has 128 valence electrons. The minimum atomic E-state index is 0. The van der Waals surface area contributed by atoms with Gasteiger partial charge in [0.25, 0.3) is 0 Å². The van der Waals surface area contributed by atoms with E-state index >= 15 is 0 Å². The molecule has 3 atom stereocenters. The van der Waals surface area contributed by atoms with Crippen LogP contribution >= 0.6 is 24.0 Å². The van der Waals surface area contributed by atoms with E-state index in [1.165, 1.54) is 25.8 Å². The predicted octanol–water partition coefficient (Wildman–Crippen LogP) is 0.812. The summed E-state index contributed by atoms with van der Waals surface area (Å²) in [6.07, 6.45) is 5.53. The Labute approximate surface area is 150 Å². The highest BCUT2D eigenvalue weighted by Crippen LogP contribution is 2.22. The van der Waals surface area contributed by atoms with Gasteiger partial charge in [-0.25, -0.2) is 0 Å². The molecule has 0 radical (unpaired) electrons. The lowest BCUT2D eigenvalue weighted by atomic mass is 10.2. The average Bonchev–Trinajstić information content (AvgIpc) is 3.18. The maximum atomic E-state index is 5.95. The van der Waals surface area contributed by atoms with Crippen molar-refractivity contribution in [2.24, 2.45) is 4.99 Å². The Bertz CT molecular complexity index is 363. The van der Waals surface area contributed by atoms with Gasteiger partial charge in [0.1, 0.15) is 0 Å². The van der Waals surface area contributed by atoms with Crippen LogP contribution in [0.5, 0.6) is 0 Å². The summed E-state index contributed by atoms with van der Waals surface area (Å²) in [6.45, 7) is 5.70. The number of rotatable bonds is 4. The van der Waals surface area contributed by atoms with Crippen molar-refractivity contribution < 1.29 is 9.47 Å². The van der Waals surface area contributed by atoms with Crippen LogP contribution in [0.25, 0.3) is 0 Å². The first kappa shape index (κ1) is 18.2. The minimum absolute atomic E-state index is 0. The molecule has 3 fully saturated rings. The molecular formula is C15H29IN4O2. The summed E-state index contributed by atoms with van der Waals surface area (Å²) < 4.78 is 11.6. The smallest absolute Gasteiger partial charge is 0.191 e. The molecule has 2 N–H and O–H groups in total. The Morgan fingerprint density at radius 3 is 2.68 bits per heavy atom. The van der Waals surface area contributed by atoms with Gasteiger partial charge in [0, 0.05) is 39.3 Å².